The van der Waals surface area contributed by atoms with Crippen LogP contribution in [0.1, 0.15) is 54.3 Å². The van der Waals surface area contributed by atoms with Gasteiger partial charge in [0.15, 0.2) is 0 Å². The van der Waals surface area contributed by atoms with Crippen LogP contribution in [-0.2, 0) is 4.74 Å². The van der Waals surface area contributed by atoms with E-state index in [0.29, 0.717) is 5.56 Å². The highest BCUT2D eigenvalue weighted by Crippen LogP contribution is 2.31. The second kappa shape index (κ2) is 16.0. The van der Waals surface area contributed by atoms with E-state index in [0.717, 1.165) is 73.5 Å². The van der Waals surface area contributed by atoms with Gasteiger partial charge in [-0.05, 0) is 85.8 Å². The lowest BCUT2D eigenvalue weighted by Crippen LogP contribution is -2.33. The summed E-state index contributed by atoms with van der Waals surface area (Å²) >= 11 is 0. The quantitative estimate of drug-likeness (QED) is 0.208. The van der Waals surface area contributed by atoms with Crippen LogP contribution in [0.25, 0.3) is 16.7 Å². The maximum absolute atomic E-state index is 12.5. The average Bonchev–Trinajstić information content (AvgIpc) is 3.06. The van der Waals surface area contributed by atoms with Crippen LogP contribution in [0.5, 0.6) is 0 Å². The zero-order valence-corrected chi connectivity index (χ0v) is 26.9. The number of nitrogens with zero attached hydrogens (tertiary/aromatic N) is 3. The van der Waals surface area contributed by atoms with Crippen molar-refractivity contribution in [2.45, 2.75) is 32.9 Å². The molecule has 44 heavy (non-hydrogen) atoms. The van der Waals surface area contributed by atoms with Gasteiger partial charge in [0, 0.05) is 45.6 Å². The fourth-order valence-corrected chi connectivity index (χ4v) is 5.40. The largest absolute Gasteiger partial charge is 0.465 e. The summed E-state index contributed by atoms with van der Waals surface area (Å²) in [4.78, 5) is 21.9. The van der Waals surface area contributed by atoms with Crippen LogP contribution < -0.4 is 10.6 Å². The topological polar surface area (TPSA) is 69.2 Å². The van der Waals surface area contributed by atoms with E-state index >= 15 is 0 Å². The Labute approximate surface area is 263 Å². The number of nitrogens with one attached hydrogen (secondary N) is 2. The molecule has 232 valence electrons. The number of carbonyl (C=O) groups is 1. The molecular formula is C37H47N5O2. The van der Waals surface area contributed by atoms with Gasteiger partial charge in [-0.15, -0.1) is 0 Å². The second-order valence-electron chi connectivity index (χ2n) is 11.6. The fourth-order valence-electron chi connectivity index (χ4n) is 5.40. The molecule has 2 aliphatic heterocycles. The van der Waals surface area contributed by atoms with E-state index in [4.69, 9.17) is 9.73 Å². The molecule has 0 amide bonds. The minimum Gasteiger partial charge on any atom is -0.465 e. The minimum atomic E-state index is -0.307. The van der Waals surface area contributed by atoms with Gasteiger partial charge in [0.2, 0.25) is 0 Å². The molecule has 2 heterocycles. The maximum atomic E-state index is 12.5. The average molecular weight is 594 g/mol. The lowest BCUT2D eigenvalue weighted by atomic mass is 9.91. The molecule has 0 aliphatic carbocycles. The number of carbonyl (C=O) groups excluding carboxylic acids is 1. The molecule has 0 aromatic heterocycles. The zero-order valence-electron chi connectivity index (χ0n) is 26.9. The van der Waals surface area contributed by atoms with Crippen molar-refractivity contribution < 1.29 is 9.53 Å². The molecule has 0 spiro atoms. The molecule has 0 radical (unpaired) electrons. The van der Waals surface area contributed by atoms with E-state index in [-0.39, 0.29) is 12.1 Å². The summed E-state index contributed by atoms with van der Waals surface area (Å²) in [5.41, 5.74) is 9.66. The predicted molar refractivity (Wildman–Crippen MR) is 184 cm³/mol. The first-order valence-corrected chi connectivity index (χ1v) is 15.4. The van der Waals surface area contributed by atoms with Gasteiger partial charge in [-0.3, -0.25) is 4.99 Å². The molecule has 0 saturated carbocycles. The molecule has 1 unspecified atom stereocenters. The summed E-state index contributed by atoms with van der Waals surface area (Å²) in [6.45, 7) is 12.7. The number of ether oxygens (including phenoxy) is 1. The van der Waals surface area contributed by atoms with E-state index < -0.39 is 0 Å². The highest BCUT2D eigenvalue weighted by Gasteiger charge is 2.18. The van der Waals surface area contributed by atoms with Gasteiger partial charge in [0.25, 0.3) is 0 Å². The maximum Gasteiger partial charge on any atom is 0.338 e. The van der Waals surface area contributed by atoms with Gasteiger partial charge in [-0.2, -0.15) is 0 Å². The second-order valence-corrected chi connectivity index (χ2v) is 11.6. The molecule has 2 aromatic carbocycles. The zero-order chi connectivity index (χ0) is 31.5. The number of benzene rings is 2. The number of esters is 1. The molecule has 1 atom stereocenters. The third kappa shape index (κ3) is 8.91. The van der Waals surface area contributed by atoms with Gasteiger partial charge in [-0.25, -0.2) is 4.79 Å². The monoisotopic (exact) mass is 593 g/mol. The molecular weight excluding hydrogens is 546 g/mol. The van der Waals surface area contributed by atoms with Crippen LogP contribution in [0.3, 0.4) is 0 Å². The molecule has 4 rings (SSSR count). The number of hydrogen-bond acceptors (Lipinski definition) is 7. The van der Waals surface area contributed by atoms with E-state index in [9.17, 15) is 4.79 Å². The molecule has 0 bridgehead atoms. The molecule has 2 N–H and O–H groups in total. The van der Waals surface area contributed by atoms with Gasteiger partial charge >= 0.3 is 5.97 Å². The van der Waals surface area contributed by atoms with Gasteiger partial charge in [0.1, 0.15) is 6.17 Å². The van der Waals surface area contributed by atoms with Crippen molar-refractivity contribution in [2.75, 3.05) is 53.9 Å². The van der Waals surface area contributed by atoms with E-state index in [1.54, 1.807) is 0 Å². The van der Waals surface area contributed by atoms with Crippen molar-refractivity contribution in [1.82, 2.24) is 20.4 Å². The highest BCUT2D eigenvalue weighted by atomic mass is 16.5. The number of rotatable bonds is 13. The molecule has 0 saturated heterocycles. The Morgan fingerprint density at radius 2 is 1.86 bits per heavy atom. The standard InChI is InChI=1S/C37H47N5O2/c1-7-8-28(23-27(2)3)17-20-41(4)21-22-42(5)33-25-39-36(40-26-33)31-11-9-29(10-12-31)32-13-14-34(37(43)44-6)35(24-32)30-15-18-38-19-16-30/h7-15,23-26,36,38-39H,1,16-22H2,2-6H3/b28-8-. The van der Waals surface area contributed by atoms with Crippen LogP contribution in [-0.4, -0.2) is 75.9 Å². The Hall–Kier alpha value is -4.20. The van der Waals surface area contributed by atoms with Crippen LogP contribution in [0, 0.1) is 0 Å². The normalized spacial score (nSPS) is 16.5. The van der Waals surface area contributed by atoms with Crippen molar-refractivity contribution in [3.63, 3.8) is 0 Å². The summed E-state index contributed by atoms with van der Waals surface area (Å²) in [7, 11) is 5.70. The first-order valence-electron chi connectivity index (χ1n) is 15.4. The molecule has 2 aliphatic rings. The number of aliphatic imine (C=N–C) groups is 1. The van der Waals surface area contributed by atoms with Crippen LogP contribution >= 0.6 is 0 Å². The molecule has 0 fully saturated rings. The Balaban J connectivity index is 1.34. The van der Waals surface area contributed by atoms with E-state index in [2.05, 4.69) is 110 Å². The minimum absolute atomic E-state index is 0.133. The smallest absolute Gasteiger partial charge is 0.338 e. The summed E-state index contributed by atoms with van der Waals surface area (Å²) in [6.07, 6.45) is 14.1. The van der Waals surface area contributed by atoms with Crippen molar-refractivity contribution in [1.29, 1.82) is 0 Å². The van der Waals surface area contributed by atoms with E-state index in [1.807, 2.05) is 24.4 Å². The van der Waals surface area contributed by atoms with Gasteiger partial charge in [0.05, 0.1) is 18.4 Å². The number of methoxy groups -OCH3 is 1. The first kappa shape index (κ1) is 32.7. The van der Waals surface area contributed by atoms with Crippen molar-refractivity contribution in [3.8, 4) is 11.1 Å². The highest BCUT2D eigenvalue weighted by molar-refractivity contribution is 5.96. The number of likely N-dealkylation sites (N-methyl/N-ethyl adjacent to an activating group) is 2. The van der Waals surface area contributed by atoms with Crippen LogP contribution in [0.4, 0.5) is 0 Å². The van der Waals surface area contributed by atoms with Crippen molar-refractivity contribution in [3.05, 3.63) is 113 Å². The Bertz CT molecular complexity index is 1460. The summed E-state index contributed by atoms with van der Waals surface area (Å²) in [5.74, 6) is -0.307. The van der Waals surface area contributed by atoms with Crippen molar-refractivity contribution in [2.24, 2.45) is 4.99 Å². The number of hydrogen-bond donors (Lipinski definition) is 2. The SMILES string of the molecule is C=C/C=C(\C=C(C)C)CCN(C)CCN(C)C1=CNC(c2ccc(-c3ccc(C(=O)OC)c(C4=CCNCC4)c3)cc2)N=C1. The fraction of sp³-hybridized carbons (Fsp3) is 0.351. The summed E-state index contributed by atoms with van der Waals surface area (Å²) in [6, 6.07) is 14.4. The van der Waals surface area contributed by atoms with Gasteiger partial charge < -0.3 is 25.2 Å². The van der Waals surface area contributed by atoms with E-state index in [1.165, 1.54) is 23.8 Å². The third-order valence-electron chi connectivity index (χ3n) is 7.99. The Morgan fingerprint density at radius 3 is 2.50 bits per heavy atom. The molecule has 7 nitrogen and oxygen atoms in total. The van der Waals surface area contributed by atoms with Crippen LogP contribution in [0.2, 0.25) is 0 Å². The predicted octanol–water partition coefficient (Wildman–Crippen LogP) is 6.36. The molecule has 7 heteroatoms. The first-order chi connectivity index (χ1) is 21.3. The van der Waals surface area contributed by atoms with Crippen LogP contribution in [0.15, 0.2) is 101 Å². The molecule has 2 aromatic rings. The summed E-state index contributed by atoms with van der Waals surface area (Å²) in [5, 5.41) is 6.80. The lowest BCUT2D eigenvalue weighted by molar-refractivity contribution is 0.0600. The third-order valence-corrected chi connectivity index (χ3v) is 7.99. The Kier molecular flexibility index (Phi) is 11.9. The number of allylic oxidation sites excluding steroid dienone is 5. The lowest BCUT2D eigenvalue weighted by Gasteiger charge is -2.27. The van der Waals surface area contributed by atoms with Crippen molar-refractivity contribution >= 4 is 17.8 Å². The summed E-state index contributed by atoms with van der Waals surface area (Å²) < 4.78 is 5.06. The van der Waals surface area contributed by atoms with Gasteiger partial charge in [-0.1, -0.05) is 66.8 Å². The Morgan fingerprint density at radius 1 is 1.09 bits per heavy atom.